The van der Waals surface area contributed by atoms with Gasteiger partial charge in [0.25, 0.3) is 9.05 Å². The van der Waals surface area contributed by atoms with Gasteiger partial charge >= 0.3 is 27.3 Å². The van der Waals surface area contributed by atoms with Gasteiger partial charge in [-0.1, -0.05) is 0 Å². The van der Waals surface area contributed by atoms with Gasteiger partial charge in [0.05, 0.1) is 0 Å². The number of rotatable bonds is 0. The number of carboxylic acids is 2. The van der Waals surface area contributed by atoms with Crippen molar-refractivity contribution in [1.82, 2.24) is 0 Å². The number of carbonyl (C=O) groups excluding carboxylic acids is 2. The van der Waals surface area contributed by atoms with E-state index in [0.717, 1.165) is 13.8 Å². The van der Waals surface area contributed by atoms with Gasteiger partial charge in [0.15, 0.2) is 0 Å². The molecule has 2 N–H and O–H groups in total. The zero-order chi connectivity index (χ0) is 11.7. The Morgan fingerprint density at radius 2 is 1.14 bits per heavy atom. The summed E-state index contributed by atoms with van der Waals surface area (Å²) in [4.78, 5) is 17.8. The van der Waals surface area contributed by atoms with E-state index in [1.165, 1.54) is 0 Å². The molecule has 0 amide bonds. The van der Waals surface area contributed by atoms with Crippen molar-refractivity contribution in [3.63, 3.8) is 0 Å². The summed E-state index contributed by atoms with van der Waals surface area (Å²) in [5.74, 6) is -2.17. The van der Waals surface area contributed by atoms with Gasteiger partial charge in [0.1, 0.15) is 0 Å². The molecule has 0 aliphatic heterocycles. The molecule has 0 fully saturated rings. The standard InChI is InChI=1S/2C2H4O2.H2O3S2.Pb/c2*1-2(3)4;1-5(2,3)4;/h2*1H3,(H,3,4);(H2,1,2,3,4);/q;;;+2/p-2. The molecule has 0 saturated heterocycles. The van der Waals surface area contributed by atoms with Gasteiger partial charge in [-0.15, -0.1) is 0 Å². The van der Waals surface area contributed by atoms with Crippen LogP contribution in [-0.4, -0.2) is 52.6 Å². The van der Waals surface area contributed by atoms with Crippen molar-refractivity contribution < 1.29 is 33.1 Å². The number of carboxylic acid groups (broad SMARTS) is 2. The first-order chi connectivity index (χ1) is 5.46. The van der Waals surface area contributed by atoms with Crippen LogP contribution < -0.4 is 10.2 Å². The van der Waals surface area contributed by atoms with Crippen molar-refractivity contribution >= 4 is 59.5 Å². The summed E-state index contributed by atoms with van der Waals surface area (Å²) in [7, 11) is -3.83. The monoisotopic (exact) mass is 440 g/mol. The molecule has 0 atom stereocenters. The molecule has 10 heteroatoms. The zero-order valence-electron chi connectivity index (χ0n) is 7.25. The van der Waals surface area contributed by atoms with E-state index in [1.807, 2.05) is 0 Å². The van der Waals surface area contributed by atoms with Crippen LogP contribution in [0.4, 0.5) is 0 Å². The molecule has 0 heterocycles. The molecule has 14 heavy (non-hydrogen) atoms. The summed E-state index contributed by atoms with van der Waals surface area (Å²) in [6, 6.07) is 0. The van der Waals surface area contributed by atoms with E-state index in [4.69, 9.17) is 33.1 Å². The van der Waals surface area contributed by atoms with E-state index in [9.17, 15) is 0 Å². The summed E-state index contributed by atoms with van der Waals surface area (Å²) in [5, 5.41) is 17.8. The third-order valence-corrected chi connectivity index (χ3v) is 0. The van der Waals surface area contributed by atoms with Gasteiger partial charge in [0, 0.05) is 23.1 Å². The summed E-state index contributed by atoms with van der Waals surface area (Å²) in [6.07, 6.45) is 0. The summed E-state index contributed by atoms with van der Waals surface area (Å²) < 4.78 is 24.0. The minimum absolute atomic E-state index is 0. The van der Waals surface area contributed by atoms with Crippen molar-refractivity contribution in [2.24, 2.45) is 0 Å². The third kappa shape index (κ3) is 65300. The summed E-state index contributed by atoms with van der Waals surface area (Å²) in [6.45, 7) is 1.94. The molecule has 0 bridgehead atoms. The van der Waals surface area contributed by atoms with Gasteiger partial charge in [-0.05, 0) is 13.8 Å². The quantitative estimate of drug-likeness (QED) is 0.377. The van der Waals surface area contributed by atoms with E-state index in [0.29, 0.717) is 0 Å². The number of carbonyl (C=O) groups is 2. The van der Waals surface area contributed by atoms with Crippen molar-refractivity contribution in [1.29, 1.82) is 0 Å². The topological polar surface area (TPSA) is 138 Å². The van der Waals surface area contributed by atoms with Crippen LogP contribution in [0.25, 0.3) is 0 Å². The Bertz CT molecular complexity index is 218. The van der Waals surface area contributed by atoms with E-state index >= 15 is 0 Å². The Labute approximate surface area is 106 Å². The van der Waals surface area contributed by atoms with Gasteiger partial charge in [-0.3, -0.25) is 9.11 Å². The fourth-order valence-electron chi connectivity index (χ4n) is 0. The van der Waals surface area contributed by atoms with Crippen LogP contribution in [0.5, 0.6) is 0 Å². The Hall–Kier alpha value is 0.152. The fraction of sp³-hybridized carbons (Fsp3) is 0.500. The molecule has 7 nitrogen and oxygen atoms in total. The Kier molecular flexibility index (Phi) is 22.3. The van der Waals surface area contributed by atoms with Crippen LogP contribution in [0.15, 0.2) is 0 Å². The maximum Gasteiger partial charge on any atom is 2.00 e. The first-order valence-corrected chi connectivity index (χ1v) is 4.91. The average Bonchev–Trinajstić information content (AvgIpc) is 1.50. The molecular weight excluding hydrogens is 431 g/mol. The smallest absolute Gasteiger partial charge is 0.550 e. The Balaban J connectivity index is -0.0000000522. The molecule has 0 aromatic carbocycles. The third-order valence-electron chi connectivity index (χ3n) is 0. The molecule has 0 spiro atoms. The second-order valence-electron chi connectivity index (χ2n) is 1.43. The van der Waals surface area contributed by atoms with Crippen molar-refractivity contribution in [3.05, 3.63) is 0 Å². The molecule has 0 aromatic heterocycles. The van der Waals surface area contributed by atoms with Crippen LogP contribution in [-0.2, 0) is 29.8 Å². The van der Waals surface area contributed by atoms with E-state index in [-0.39, 0.29) is 27.3 Å². The van der Waals surface area contributed by atoms with Crippen molar-refractivity contribution in [3.8, 4) is 0 Å². The maximum absolute atomic E-state index is 9.11. The zero-order valence-corrected chi connectivity index (χ0v) is 12.8. The van der Waals surface area contributed by atoms with E-state index < -0.39 is 21.0 Å². The molecule has 0 unspecified atom stereocenters. The van der Waals surface area contributed by atoms with Crippen LogP contribution in [0, 0.1) is 0 Å². The predicted molar refractivity (Wildman–Crippen MR) is 47.9 cm³/mol. The van der Waals surface area contributed by atoms with Crippen LogP contribution in [0.3, 0.4) is 0 Å². The number of aliphatic carboxylic acids is 2. The number of hydrogen-bond donors (Lipinski definition) is 2. The van der Waals surface area contributed by atoms with Gasteiger partial charge < -0.3 is 19.8 Å². The minimum atomic E-state index is -3.83. The molecule has 0 rings (SSSR count). The Morgan fingerprint density at radius 1 is 1.14 bits per heavy atom. The van der Waals surface area contributed by atoms with Crippen LogP contribution in [0.1, 0.15) is 13.8 Å². The number of hydrogen-bond acceptors (Lipinski definition) is 6. The van der Waals surface area contributed by atoms with Gasteiger partial charge in [-0.2, -0.15) is 4.21 Å². The van der Waals surface area contributed by atoms with Crippen LogP contribution in [0.2, 0.25) is 0 Å². The second kappa shape index (κ2) is 13.2. The van der Waals surface area contributed by atoms with Crippen LogP contribution >= 0.6 is 0 Å². The molecule has 0 aromatic rings. The van der Waals surface area contributed by atoms with E-state index in [2.05, 4.69) is 11.2 Å². The summed E-state index contributed by atoms with van der Waals surface area (Å²) in [5.41, 5.74) is 0. The Morgan fingerprint density at radius 3 is 1.14 bits per heavy atom. The predicted octanol–water partition coefficient (Wildman–Crippen LogP) is -3.19. The SMILES string of the molecule is CC(=O)[O-].CC(=O)[O-].O=S(O)(O)=S.[Pb+2]. The molecule has 0 aliphatic rings. The molecule has 0 saturated carbocycles. The largest absolute Gasteiger partial charge is 2.00 e. The average molecular weight is 439 g/mol. The molecule has 2 radical (unpaired) electrons. The minimum Gasteiger partial charge on any atom is -0.550 e. The molecule has 0 aliphatic carbocycles. The first-order valence-electron chi connectivity index (χ1n) is 2.51. The summed E-state index contributed by atoms with van der Waals surface area (Å²) >= 11 is 3.47. The fourth-order valence-corrected chi connectivity index (χ4v) is 0. The van der Waals surface area contributed by atoms with Gasteiger partial charge in [0.2, 0.25) is 0 Å². The molecular formula is C4H8O7PbS2. The van der Waals surface area contributed by atoms with E-state index in [1.54, 1.807) is 0 Å². The maximum atomic E-state index is 9.11. The van der Waals surface area contributed by atoms with Gasteiger partial charge in [-0.25, -0.2) is 0 Å². The second-order valence-corrected chi connectivity index (χ2v) is 3.63. The normalized spacial score (nSPS) is 7.71. The molecule has 82 valence electrons. The first kappa shape index (κ1) is 23.8. The van der Waals surface area contributed by atoms with Crippen molar-refractivity contribution in [2.45, 2.75) is 13.8 Å². The van der Waals surface area contributed by atoms with Crippen molar-refractivity contribution in [2.75, 3.05) is 0 Å².